The molecule has 1 saturated heterocycles. The fraction of sp³-hybridized carbons (Fsp3) is 0.444. The molecule has 0 bridgehead atoms. The van der Waals surface area contributed by atoms with Crippen LogP contribution in [-0.4, -0.2) is 107 Å². The Bertz CT molecular complexity index is 1930. The molecule has 0 aliphatic carbocycles. The number of benzene rings is 3. The molecule has 0 spiro atoms. The van der Waals surface area contributed by atoms with Gasteiger partial charge in [0.05, 0.1) is 6.54 Å². The number of phenols is 1. The van der Waals surface area contributed by atoms with Crippen LogP contribution in [0.15, 0.2) is 84.9 Å². The van der Waals surface area contributed by atoms with Crippen LogP contribution in [0.4, 0.5) is 4.79 Å². The summed E-state index contributed by atoms with van der Waals surface area (Å²) in [6, 6.07) is 17.9. The Labute approximate surface area is 356 Å². The smallest absolute Gasteiger partial charge is 0.326 e. The van der Waals surface area contributed by atoms with Crippen LogP contribution >= 0.6 is 0 Å². The van der Waals surface area contributed by atoms with Gasteiger partial charge in [0, 0.05) is 20.0 Å². The van der Waals surface area contributed by atoms with Crippen LogP contribution in [0.2, 0.25) is 0 Å². The van der Waals surface area contributed by atoms with Crippen molar-refractivity contribution in [1.82, 2.24) is 36.8 Å². The fourth-order valence-corrected chi connectivity index (χ4v) is 6.96. The molecular weight excluding hydrogens is 783 g/mol. The zero-order valence-electron chi connectivity index (χ0n) is 35.0. The van der Waals surface area contributed by atoms with E-state index in [0.717, 1.165) is 11.1 Å². The number of urea groups is 1. The number of aryl methyl sites for hydroxylation is 2. The second kappa shape index (κ2) is 24.0. The number of carboxylic acid groups (broad SMARTS) is 1. The van der Waals surface area contributed by atoms with E-state index in [1.165, 1.54) is 24.1 Å². The number of likely N-dealkylation sites (N-methyl/N-ethyl adjacent to an activating group) is 1. The third-order valence-corrected chi connectivity index (χ3v) is 10.8. The Kier molecular flexibility index (Phi) is 18.6. The number of aliphatic carboxylic acids is 1. The summed E-state index contributed by atoms with van der Waals surface area (Å²) in [5, 5.41) is 35.9. The third-order valence-electron chi connectivity index (χ3n) is 10.8. The Hall–Kier alpha value is -6.45. The molecule has 6 atom stereocenters. The third kappa shape index (κ3) is 15.6. The highest BCUT2D eigenvalue weighted by Gasteiger charge is 2.34. The molecule has 0 aromatic heterocycles. The normalized spacial score (nSPS) is 20.9. The van der Waals surface area contributed by atoms with E-state index in [9.17, 15) is 43.8 Å². The lowest BCUT2D eigenvalue weighted by atomic mass is 9.96. The summed E-state index contributed by atoms with van der Waals surface area (Å²) in [7, 11) is 1.43. The molecule has 3 aromatic carbocycles. The maximum Gasteiger partial charge on any atom is 0.326 e. The molecule has 16 nitrogen and oxygen atoms in total. The molecule has 4 rings (SSSR count). The van der Waals surface area contributed by atoms with Crippen LogP contribution in [-0.2, 0) is 48.0 Å². The van der Waals surface area contributed by atoms with E-state index in [2.05, 4.69) is 31.9 Å². The van der Waals surface area contributed by atoms with Gasteiger partial charge < -0.3 is 47.0 Å². The largest absolute Gasteiger partial charge is 0.508 e. The van der Waals surface area contributed by atoms with Crippen LogP contribution in [0.3, 0.4) is 0 Å². The van der Waals surface area contributed by atoms with Crippen LogP contribution in [0, 0.1) is 5.92 Å². The number of nitrogens with one attached hydrogen (secondary N) is 6. The highest BCUT2D eigenvalue weighted by Crippen LogP contribution is 2.15. The summed E-state index contributed by atoms with van der Waals surface area (Å²) >= 11 is 0. The summed E-state index contributed by atoms with van der Waals surface area (Å²) in [6.07, 6.45) is 2.35. The predicted octanol–water partition coefficient (Wildman–Crippen LogP) is 2.58. The van der Waals surface area contributed by atoms with Crippen molar-refractivity contribution in [2.45, 2.75) is 102 Å². The fourth-order valence-electron chi connectivity index (χ4n) is 6.96. The highest BCUT2D eigenvalue weighted by molar-refractivity contribution is 5.96. The minimum absolute atomic E-state index is 0.00779. The molecule has 8 N–H and O–H groups in total. The first-order valence-corrected chi connectivity index (χ1v) is 20.8. The van der Waals surface area contributed by atoms with E-state index < -0.39 is 84.2 Å². The zero-order valence-corrected chi connectivity index (χ0v) is 35.0. The van der Waals surface area contributed by atoms with Gasteiger partial charge in [0.2, 0.25) is 29.5 Å². The van der Waals surface area contributed by atoms with Gasteiger partial charge in [-0.2, -0.15) is 0 Å². The first-order chi connectivity index (χ1) is 29.2. The number of phenolic OH excluding ortho intramolecular Hbond substituents is 1. The van der Waals surface area contributed by atoms with E-state index in [1.54, 1.807) is 49.4 Å². The SMILES string of the molecule is CC[C@@H](C)[C@@H]1NC(=O)[C@H](NC(=O)N[C@@H](Cc2ccccc2)C(=O)O)CCCCNC(=O)[C@H](CCc2ccc(O)cc2)NC(=O)CN(C)C(=O)[C@H](CCc2ccccc2)NC1=O. The quantitative estimate of drug-likeness (QED) is 0.126. The lowest BCUT2D eigenvalue weighted by Gasteiger charge is -2.30. The van der Waals surface area contributed by atoms with Crippen molar-refractivity contribution in [2.75, 3.05) is 20.1 Å². The Balaban J connectivity index is 1.61. The number of aromatic hydroxyl groups is 1. The number of amides is 7. The molecule has 1 heterocycles. The summed E-state index contributed by atoms with van der Waals surface area (Å²) in [5.41, 5.74) is 2.42. The van der Waals surface area contributed by atoms with Gasteiger partial charge in [-0.05, 0) is 79.7 Å². The first-order valence-electron chi connectivity index (χ1n) is 20.8. The number of carboxylic acids is 1. The maximum atomic E-state index is 14.1. The van der Waals surface area contributed by atoms with Gasteiger partial charge in [0.15, 0.2) is 0 Å². The van der Waals surface area contributed by atoms with E-state index in [0.29, 0.717) is 37.7 Å². The molecule has 61 heavy (non-hydrogen) atoms. The molecule has 3 aromatic rings. The number of hydrogen-bond donors (Lipinski definition) is 8. The van der Waals surface area contributed by atoms with Gasteiger partial charge >= 0.3 is 12.0 Å². The topological polar surface area (TPSA) is 235 Å². The van der Waals surface area contributed by atoms with Gasteiger partial charge in [-0.15, -0.1) is 0 Å². The number of nitrogens with zero attached hydrogens (tertiary/aromatic N) is 1. The molecule has 0 radical (unpaired) electrons. The second-order valence-electron chi connectivity index (χ2n) is 15.5. The molecule has 0 saturated carbocycles. The highest BCUT2D eigenvalue weighted by atomic mass is 16.4. The minimum Gasteiger partial charge on any atom is -0.508 e. The van der Waals surface area contributed by atoms with Crippen molar-refractivity contribution in [3.05, 3.63) is 102 Å². The average molecular weight is 842 g/mol. The van der Waals surface area contributed by atoms with Crippen LogP contribution in [0.1, 0.15) is 69.1 Å². The average Bonchev–Trinajstić information content (AvgIpc) is 3.25. The monoisotopic (exact) mass is 841 g/mol. The van der Waals surface area contributed by atoms with E-state index in [4.69, 9.17) is 0 Å². The molecule has 1 fully saturated rings. The summed E-state index contributed by atoms with van der Waals surface area (Å²) < 4.78 is 0. The Morgan fingerprint density at radius 2 is 1.38 bits per heavy atom. The molecule has 1 aliphatic rings. The van der Waals surface area contributed by atoms with Gasteiger partial charge in [0.1, 0.15) is 36.0 Å². The number of rotatable bonds is 13. The van der Waals surface area contributed by atoms with Crippen molar-refractivity contribution in [3.63, 3.8) is 0 Å². The van der Waals surface area contributed by atoms with Crippen molar-refractivity contribution in [3.8, 4) is 5.75 Å². The van der Waals surface area contributed by atoms with Crippen LogP contribution < -0.4 is 31.9 Å². The van der Waals surface area contributed by atoms with E-state index in [-0.39, 0.29) is 38.0 Å². The van der Waals surface area contributed by atoms with Crippen LogP contribution in [0.5, 0.6) is 5.75 Å². The lowest BCUT2D eigenvalue weighted by molar-refractivity contribution is -0.140. The van der Waals surface area contributed by atoms with Gasteiger partial charge in [0.25, 0.3) is 0 Å². The van der Waals surface area contributed by atoms with Crippen molar-refractivity contribution in [1.29, 1.82) is 0 Å². The molecule has 7 amide bonds. The Morgan fingerprint density at radius 1 is 0.770 bits per heavy atom. The Morgan fingerprint density at radius 3 is 2.00 bits per heavy atom. The van der Waals surface area contributed by atoms with E-state index in [1.807, 2.05) is 37.3 Å². The van der Waals surface area contributed by atoms with Crippen LogP contribution in [0.25, 0.3) is 0 Å². The number of carbonyl (C=O) groups excluding carboxylic acids is 6. The summed E-state index contributed by atoms with van der Waals surface area (Å²) in [4.78, 5) is 96.0. The standard InChI is InChI=1S/C45H59N7O9/c1-4-29(2)39-42(57)48-36(25-21-30-13-7-5-8-14-30)43(58)52(3)28-38(54)47-35(24-20-31-18-22-33(53)23-19-31)40(55)46-26-12-11-17-34(41(56)51-39)49-45(61)50-37(44(59)60)27-32-15-9-6-10-16-32/h5-10,13-16,18-19,22-23,29,34-37,39,53H,4,11-12,17,20-21,24-28H2,1-3H3,(H,46,55)(H,47,54)(H,48,57)(H,51,56)(H,59,60)(H2,49,50,61)/t29-,34-,35+,36+,37+,39+/m1/s1. The molecule has 1 aliphatic heterocycles. The van der Waals surface area contributed by atoms with Gasteiger partial charge in [-0.1, -0.05) is 93.1 Å². The molecule has 328 valence electrons. The molecule has 0 unspecified atom stereocenters. The van der Waals surface area contributed by atoms with Gasteiger partial charge in [-0.25, -0.2) is 9.59 Å². The summed E-state index contributed by atoms with van der Waals surface area (Å²) in [5.74, 6) is -4.54. The summed E-state index contributed by atoms with van der Waals surface area (Å²) in [6.45, 7) is 3.36. The van der Waals surface area contributed by atoms with Crippen molar-refractivity contribution in [2.24, 2.45) is 5.92 Å². The van der Waals surface area contributed by atoms with Crippen molar-refractivity contribution < 1.29 is 43.8 Å². The number of hydrogen-bond acceptors (Lipinski definition) is 8. The van der Waals surface area contributed by atoms with Crippen molar-refractivity contribution >= 4 is 41.5 Å². The minimum atomic E-state index is -1.31. The second-order valence-corrected chi connectivity index (χ2v) is 15.5. The van der Waals surface area contributed by atoms with Gasteiger partial charge in [-0.3, -0.25) is 24.0 Å². The lowest BCUT2D eigenvalue weighted by Crippen LogP contribution is -2.60. The zero-order chi connectivity index (χ0) is 44.3. The maximum absolute atomic E-state index is 14.1. The van der Waals surface area contributed by atoms with E-state index >= 15 is 0 Å². The predicted molar refractivity (Wildman–Crippen MR) is 228 cm³/mol. The first kappa shape index (κ1) is 47.2. The molecular formula is C45H59N7O9. The molecule has 16 heteroatoms. The number of carbonyl (C=O) groups is 7.